The van der Waals surface area contributed by atoms with E-state index >= 15 is 0 Å². The fraction of sp³-hybridized carbons (Fsp3) is 0.333. The van der Waals surface area contributed by atoms with Gasteiger partial charge in [0.1, 0.15) is 38.5 Å². The highest BCUT2D eigenvalue weighted by atomic mass is 19.1. The van der Waals surface area contributed by atoms with Gasteiger partial charge >= 0.3 is 0 Å². The van der Waals surface area contributed by atoms with E-state index in [1.165, 1.54) is 22.6 Å². The number of imide groups is 1. The van der Waals surface area contributed by atoms with E-state index in [-0.39, 0.29) is 23.9 Å². The number of hydrogen-bond acceptors (Lipinski definition) is 2. The van der Waals surface area contributed by atoms with Crippen molar-refractivity contribution in [1.29, 1.82) is 0 Å². The molecule has 0 radical (unpaired) electrons. The molecule has 2 aliphatic heterocycles. The van der Waals surface area contributed by atoms with E-state index in [1.807, 2.05) is 6.07 Å². The third kappa shape index (κ3) is 3.63. The van der Waals surface area contributed by atoms with Crippen molar-refractivity contribution in [2.45, 2.75) is 19.0 Å². The molecule has 5 nitrogen and oxygen atoms in total. The highest BCUT2D eigenvalue weighted by Gasteiger charge is 2.47. The van der Waals surface area contributed by atoms with Gasteiger partial charge in [0, 0.05) is 5.56 Å². The summed E-state index contributed by atoms with van der Waals surface area (Å²) >= 11 is 0. The molecule has 2 aromatic carbocycles. The quantitative estimate of drug-likeness (QED) is 0.710. The summed E-state index contributed by atoms with van der Waals surface area (Å²) in [5, 5.41) is 0. The lowest BCUT2D eigenvalue weighted by Crippen LogP contribution is -3.29. The molecule has 27 heavy (non-hydrogen) atoms. The molecule has 0 bridgehead atoms. The van der Waals surface area contributed by atoms with Crippen LogP contribution in [0.25, 0.3) is 0 Å². The summed E-state index contributed by atoms with van der Waals surface area (Å²) in [5.74, 6) is -1.11. The molecule has 6 heteroatoms. The van der Waals surface area contributed by atoms with Crippen molar-refractivity contribution in [1.82, 2.24) is 0 Å². The van der Waals surface area contributed by atoms with Gasteiger partial charge in [-0.05, 0) is 12.1 Å². The lowest BCUT2D eigenvalue weighted by molar-refractivity contribution is -1.02. The second kappa shape index (κ2) is 7.58. The number of benzene rings is 2. The molecule has 2 heterocycles. The Kier molecular flexibility index (Phi) is 5.01. The number of nitrogens with zero attached hydrogens (tertiary/aromatic N) is 1. The molecule has 2 saturated heterocycles. The summed E-state index contributed by atoms with van der Waals surface area (Å²) in [7, 11) is 0. The number of halogens is 1. The highest BCUT2D eigenvalue weighted by molar-refractivity contribution is 6.21. The van der Waals surface area contributed by atoms with Crippen molar-refractivity contribution in [3.05, 3.63) is 66.0 Å². The predicted molar refractivity (Wildman–Crippen MR) is 98.8 cm³/mol. The first kappa shape index (κ1) is 17.8. The first-order chi connectivity index (χ1) is 13.1. The smallest absolute Gasteiger partial charge is 0.292 e. The Hall–Kier alpha value is -2.57. The van der Waals surface area contributed by atoms with Gasteiger partial charge in [0.25, 0.3) is 5.91 Å². The second-order valence-corrected chi connectivity index (χ2v) is 7.35. The molecule has 2 amide bonds. The van der Waals surface area contributed by atoms with E-state index in [4.69, 9.17) is 0 Å². The van der Waals surface area contributed by atoms with E-state index < -0.39 is 11.9 Å². The van der Waals surface area contributed by atoms with Crippen molar-refractivity contribution in [2.24, 2.45) is 0 Å². The van der Waals surface area contributed by atoms with Crippen molar-refractivity contribution >= 4 is 17.5 Å². The van der Waals surface area contributed by atoms with Gasteiger partial charge in [-0.25, -0.2) is 9.29 Å². The molecule has 1 atom stereocenters. The fourth-order valence-electron chi connectivity index (χ4n) is 4.17. The summed E-state index contributed by atoms with van der Waals surface area (Å²) in [5.41, 5.74) is 1.39. The Morgan fingerprint density at radius 3 is 2.30 bits per heavy atom. The van der Waals surface area contributed by atoms with Gasteiger partial charge < -0.3 is 9.80 Å². The Labute approximate surface area is 158 Å². The summed E-state index contributed by atoms with van der Waals surface area (Å²) in [4.78, 5) is 28.9. The number of carbonyl (C=O) groups excluding carboxylic acids is 2. The first-order valence-electron chi connectivity index (χ1n) is 9.47. The molecule has 0 aliphatic carbocycles. The van der Waals surface area contributed by atoms with Gasteiger partial charge in [-0.1, -0.05) is 42.5 Å². The van der Waals surface area contributed by atoms with E-state index in [0.29, 0.717) is 0 Å². The van der Waals surface area contributed by atoms with Gasteiger partial charge in [-0.2, -0.15) is 0 Å². The van der Waals surface area contributed by atoms with Gasteiger partial charge in [0.2, 0.25) is 5.91 Å². The van der Waals surface area contributed by atoms with Crippen LogP contribution in [0.4, 0.5) is 10.1 Å². The molecule has 2 aliphatic rings. The van der Waals surface area contributed by atoms with Crippen LogP contribution in [-0.4, -0.2) is 44.0 Å². The lowest BCUT2D eigenvalue weighted by Gasteiger charge is -2.32. The van der Waals surface area contributed by atoms with Crippen LogP contribution in [0, 0.1) is 5.82 Å². The average Bonchev–Trinajstić information content (AvgIpc) is 2.98. The number of anilines is 1. The van der Waals surface area contributed by atoms with E-state index in [9.17, 15) is 14.0 Å². The largest absolute Gasteiger partial charge is 0.322 e. The third-order valence-electron chi connectivity index (χ3n) is 5.63. The van der Waals surface area contributed by atoms with Crippen LogP contribution >= 0.6 is 0 Å². The van der Waals surface area contributed by atoms with Gasteiger partial charge in [0.05, 0.1) is 12.1 Å². The minimum absolute atomic E-state index is 0.0720. The first-order valence-corrected chi connectivity index (χ1v) is 9.47. The van der Waals surface area contributed by atoms with E-state index in [2.05, 4.69) is 24.3 Å². The predicted octanol–water partition coefficient (Wildman–Crippen LogP) is -0.559. The molecule has 0 spiro atoms. The zero-order valence-corrected chi connectivity index (χ0v) is 15.2. The van der Waals surface area contributed by atoms with Crippen LogP contribution in [0.15, 0.2) is 54.6 Å². The molecule has 0 saturated carbocycles. The Balaban J connectivity index is 1.40. The van der Waals surface area contributed by atoms with Gasteiger partial charge in [0.15, 0.2) is 6.04 Å². The molecular weight excluding hydrogens is 345 g/mol. The third-order valence-corrected chi connectivity index (χ3v) is 5.63. The molecule has 140 valence electrons. The molecule has 0 unspecified atom stereocenters. The Morgan fingerprint density at radius 2 is 1.59 bits per heavy atom. The minimum Gasteiger partial charge on any atom is -0.322 e. The summed E-state index contributed by atoms with van der Waals surface area (Å²) in [6, 6.07) is 16.0. The molecular formula is C21H24FN3O2+2. The van der Waals surface area contributed by atoms with Crippen molar-refractivity contribution < 1.29 is 23.8 Å². The maximum absolute atomic E-state index is 14.1. The van der Waals surface area contributed by atoms with Gasteiger partial charge in [-0.3, -0.25) is 9.59 Å². The summed E-state index contributed by atoms with van der Waals surface area (Å²) in [6.07, 6.45) is 0.163. The number of para-hydroxylation sites is 1. The molecule has 0 aromatic heterocycles. The van der Waals surface area contributed by atoms with Crippen LogP contribution < -0.4 is 14.7 Å². The number of hydrogen-bond donors (Lipinski definition) is 2. The number of piperazine rings is 1. The highest BCUT2D eigenvalue weighted by Crippen LogP contribution is 2.24. The van der Waals surface area contributed by atoms with Gasteiger partial charge in [-0.15, -0.1) is 0 Å². The molecule has 2 N–H and O–H groups in total. The van der Waals surface area contributed by atoms with Crippen LogP contribution in [0.3, 0.4) is 0 Å². The SMILES string of the molecule is O=C1C[C@H]([NH+]2CC[NH+](Cc3ccccc3)CC2)C(=O)N1c1ccccc1F. The number of amides is 2. The second-order valence-electron chi connectivity index (χ2n) is 7.35. The van der Waals surface area contributed by atoms with E-state index in [1.54, 1.807) is 12.1 Å². The van der Waals surface area contributed by atoms with Crippen LogP contribution in [0.5, 0.6) is 0 Å². The molecule has 4 rings (SSSR count). The van der Waals surface area contributed by atoms with Crippen LogP contribution in [0.2, 0.25) is 0 Å². The maximum atomic E-state index is 14.1. The van der Waals surface area contributed by atoms with Crippen LogP contribution in [0.1, 0.15) is 12.0 Å². The number of carbonyl (C=O) groups is 2. The molecule has 2 aromatic rings. The molecule has 2 fully saturated rings. The summed E-state index contributed by atoms with van der Waals surface area (Å²) < 4.78 is 14.1. The van der Waals surface area contributed by atoms with Crippen LogP contribution in [-0.2, 0) is 16.1 Å². The number of nitrogens with one attached hydrogen (secondary N) is 2. The zero-order valence-electron chi connectivity index (χ0n) is 15.2. The fourth-order valence-corrected chi connectivity index (χ4v) is 4.17. The Morgan fingerprint density at radius 1 is 0.926 bits per heavy atom. The Bertz CT molecular complexity index is 834. The average molecular weight is 369 g/mol. The summed E-state index contributed by atoms with van der Waals surface area (Å²) in [6.45, 7) is 4.59. The van der Waals surface area contributed by atoms with Crippen molar-refractivity contribution in [2.75, 3.05) is 31.1 Å². The van der Waals surface area contributed by atoms with E-state index in [0.717, 1.165) is 42.5 Å². The minimum atomic E-state index is -0.535. The topological polar surface area (TPSA) is 46.3 Å². The maximum Gasteiger partial charge on any atom is 0.292 e. The lowest BCUT2D eigenvalue weighted by atomic mass is 10.1. The normalized spacial score (nSPS) is 25.8. The number of rotatable bonds is 4. The number of quaternary nitrogens is 2. The van der Waals surface area contributed by atoms with Crippen molar-refractivity contribution in [3.8, 4) is 0 Å². The van der Waals surface area contributed by atoms with Crippen molar-refractivity contribution in [3.63, 3.8) is 0 Å². The monoisotopic (exact) mass is 369 g/mol. The standard InChI is InChI=1S/C21H22FN3O2/c22-17-8-4-5-9-18(17)25-20(26)14-19(21(25)27)24-12-10-23(11-13-24)15-16-6-2-1-3-7-16/h1-9,19H,10-15H2/p+2/t19-/m0/s1. The zero-order chi connectivity index (χ0) is 18.8.